The van der Waals surface area contributed by atoms with E-state index in [9.17, 15) is 9.90 Å². The van der Waals surface area contributed by atoms with Gasteiger partial charge in [0.05, 0.1) is 19.3 Å². The molecule has 1 aliphatic heterocycles. The Kier molecular flexibility index (Phi) is 6.49. The maximum atomic E-state index is 12.7. The number of benzene rings is 1. The molecule has 1 aliphatic rings. The minimum atomic E-state index is -0.539. The van der Waals surface area contributed by atoms with Crippen LogP contribution < -0.4 is 9.47 Å². The van der Waals surface area contributed by atoms with Crippen LogP contribution in [0.15, 0.2) is 60.4 Å². The fraction of sp³-hybridized carbons (Fsp3) is 0.227. The number of ether oxygens (including phenoxy) is 2. The first-order chi connectivity index (χ1) is 13.2. The summed E-state index contributed by atoms with van der Waals surface area (Å²) in [4.78, 5) is 12.7. The molecule has 28 heavy (non-hydrogen) atoms. The summed E-state index contributed by atoms with van der Waals surface area (Å²) in [5, 5.41) is 28.9. The topological polar surface area (TPSA) is 96.2 Å². The molecule has 148 valence electrons. The number of phenols is 1. The van der Waals surface area contributed by atoms with E-state index in [1.165, 1.54) is 37.5 Å². The molecule has 1 heterocycles. The number of allylic oxidation sites excluding steroid dienone is 5. The van der Waals surface area contributed by atoms with Crippen LogP contribution in [0.1, 0.15) is 29.8 Å². The molecule has 0 amide bonds. The van der Waals surface area contributed by atoms with Gasteiger partial charge in [0.1, 0.15) is 34.2 Å². The van der Waals surface area contributed by atoms with Crippen molar-refractivity contribution in [2.45, 2.75) is 19.4 Å². The van der Waals surface area contributed by atoms with Gasteiger partial charge in [-0.1, -0.05) is 24.8 Å². The van der Waals surface area contributed by atoms with Gasteiger partial charge in [-0.3, -0.25) is 4.79 Å². The SMILES string of the molecule is C=C(O)\C=C/C(/C=C/C(=O)c1c(OC)cc2c(c1O)C=CC(C)(C)O2)=C\CO. The number of ketones is 1. The minimum absolute atomic E-state index is 0.00403. The first kappa shape index (κ1) is 21.1. The zero-order chi connectivity index (χ0) is 20.9. The number of rotatable bonds is 7. The van der Waals surface area contributed by atoms with E-state index in [0.717, 1.165) is 0 Å². The van der Waals surface area contributed by atoms with Crippen molar-refractivity contribution in [3.63, 3.8) is 0 Å². The fourth-order valence-electron chi connectivity index (χ4n) is 2.63. The molecule has 0 bridgehead atoms. The average Bonchev–Trinajstić information content (AvgIpc) is 2.62. The lowest BCUT2D eigenvalue weighted by atomic mass is 9.97. The lowest BCUT2D eigenvalue weighted by Crippen LogP contribution is -2.27. The highest BCUT2D eigenvalue weighted by atomic mass is 16.5. The van der Waals surface area contributed by atoms with Crippen molar-refractivity contribution < 1.29 is 29.6 Å². The van der Waals surface area contributed by atoms with Crippen molar-refractivity contribution in [3.05, 3.63) is 71.6 Å². The predicted octanol–water partition coefficient (Wildman–Crippen LogP) is 3.87. The van der Waals surface area contributed by atoms with Gasteiger partial charge in [0.2, 0.25) is 0 Å². The van der Waals surface area contributed by atoms with E-state index in [4.69, 9.17) is 19.7 Å². The summed E-state index contributed by atoms with van der Waals surface area (Å²) in [5.41, 5.74) is 0.347. The van der Waals surface area contributed by atoms with Gasteiger partial charge in [0.25, 0.3) is 0 Å². The fourth-order valence-corrected chi connectivity index (χ4v) is 2.63. The molecule has 6 heteroatoms. The molecule has 0 fully saturated rings. The summed E-state index contributed by atoms with van der Waals surface area (Å²) in [6.45, 7) is 6.84. The van der Waals surface area contributed by atoms with E-state index in [2.05, 4.69) is 6.58 Å². The van der Waals surface area contributed by atoms with Gasteiger partial charge in [-0.05, 0) is 43.7 Å². The summed E-state index contributed by atoms with van der Waals surface area (Å²) in [6.07, 6.45) is 10.5. The van der Waals surface area contributed by atoms with E-state index >= 15 is 0 Å². The molecule has 1 aromatic carbocycles. The monoisotopic (exact) mass is 384 g/mol. The Hall–Kier alpha value is -3.25. The first-order valence-electron chi connectivity index (χ1n) is 8.60. The molecule has 0 aliphatic carbocycles. The third-order valence-corrected chi connectivity index (χ3v) is 3.98. The second kappa shape index (κ2) is 8.63. The van der Waals surface area contributed by atoms with E-state index in [-0.39, 0.29) is 29.4 Å². The standard InChI is InChI=1S/C22H24O6/c1-14(24)5-6-15(10-12-23)7-8-17(25)20-19(27-4)13-18-16(21(20)26)9-11-22(2,3)28-18/h5-11,13,23-24,26H,1,12H2,2-4H3/b6-5-,8-7+,15-10+. The molecule has 0 spiro atoms. The zero-order valence-electron chi connectivity index (χ0n) is 16.1. The van der Waals surface area contributed by atoms with Gasteiger partial charge in [-0.2, -0.15) is 0 Å². The highest BCUT2D eigenvalue weighted by Crippen LogP contribution is 2.43. The largest absolute Gasteiger partial charge is 0.509 e. The number of carbonyl (C=O) groups is 1. The summed E-state index contributed by atoms with van der Waals surface area (Å²) >= 11 is 0. The third kappa shape index (κ3) is 4.92. The molecule has 0 unspecified atom stereocenters. The van der Waals surface area contributed by atoms with Crippen molar-refractivity contribution >= 4 is 11.9 Å². The number of aromatic hydroxyl groups is 1. The van der Waals surface area contributed by atoms with Crippen LogP contribution in [0.4, 0.5) is 0 Å². The van der Waals surface area contributed by atoms with Crippen molar-refractivity contribution in [2.24, 2.45) is 0 Å². The number of aliphatic hydroxyl groups is 2. The van der Waals surface area contributed by atoms with Gasteiger partial charge >= 0.3 is 0 Å². The molecule has 0 saturated carbocycles. The maximum Gasteiger partial charge on any atom is 0.193 e. The molecule has 6 nitrogen and oxygen atoms in total. The number of methoxy groups -OCH3 is 1. The van der Waals surface area contributed by atoms with E-state index in [0.29, 0.717) is 16.9 Å². The Balaban J connectivity index is 2.43. The third-order valence-electron chi connectivity index (χ3n) is 3.98. The summed E-state index contributed by atoms with van der Waals surface area (Å²) in [6, 6.07) is 1.57. The summed E-state index contributed by atoms with van der Waals surface area (Å²) in [5.74, 6) is -0.276. The molecule has 0 aromatic heterocycles. The molecule has 1 aromatic rings. The smallest absolute Gasteiger partial charge is 0.193 e. The lowest BCUT2D eigenvalue weighted by molar-refractivity contribution is 0.104. The number of hydrogen-bond donors (Lipinski definition) is 3. The Morgan fingerprint density at radius 3 is 2.57 bits per heavy atom. The van der Waals surface area contributed by atoms with Crippen LogP contribution in [0, 0.1) is 0 Å². The van der Waals surface area contributed by atoms with Gasteiger partial charge in [-0.15, -0.1) is 0 Å². The molecule has 0 radical (unpaired) electrons. The van der Waals surface area contributed by atoms with Gasteiger partial charge in [-0.25, -0.2) is 0 Å². The average molecular weight is 384 g/mol. The normalized spacial score (nSPS) is 15.5. The number of phenolic OH excluding ortho intramolecular Hbond substituents is 1. The predicted molar refractivity (Wildman–Crippen MR) is 108 cm³/mol. The van der Waals surface area contributed by atoms with Crippen molar-refractivity contribution in [3.8, 4) is 17.2 Å². The molecular weight excluding hydrogens is 360 g/mol. The van der Waals surface area contributed by atoms with Crippen LogP contribution in [0.5, 0.6) is 17.2 Å². The Morgan fingerprint density at radius 2 is 1.96 bits per heavy atom. The summed E-state index contributed by atoms with van der Waals surface area (Å²) in [7, 11) is 1.40. The minimum Gasteiger partial charge on any atom is -0.509 e. The van der Waals surface area contributed by atoms with Crippen LogP contribution in [0.3, 0.4) is 0 Å². The maximum absolute atomic E-state index is 12.7. The number of carbonyl (C=O) groups excluding carboxylic acids is 1. The van der Waals surface area contributed by atoms with Crippen molar-refractivity contribution in [1.82, 2.24) is 0 Å². The Bertz CT molecular complexity index is 900. The summed E-state index contributed by atoms with van der Waals surface area (Å²) < 4.78 is 11.1. The van der Waals surface area contributed by atoms with E-state index < -0.39 is 11.4 Å². The van der Waals surface area contributed by atoms with Crippen LogP contribution in [0.25, 0.3) is 6.08 Å². The Morgan fingerprint density at radius 1 is 1.29 bits per heavy atom. The van der Waals surface area contributed by atoms with Crippen LogP contribution in [-0.4, -0.2) is 40.4 Å². The van der Waals surface area contributed by atoms with Crippen LogP contribution in [-0.2, 0) is 0 Å². The second-order valence-electron chi connectivity index (χ2n) is 6.66. The van der Waals surface area contributed by atoms with Gasteiger partial charge in [0.15, 0.2) is 5.78 Å². The number of hydrogen-bond acceptors (Lipinski definition) is 6. The van der Waals surface area contributed by atoms with E-state index in [1.54, 1.807) is 18.2 Å². The number of aliphatic hydroxyl groups excluding tert-OH is 2. The quantitative estimate of drug-likeness (QED) is 0.286. The van der Waals surface area contributed by atoms with E-state index in [1.807, 2.05) is 13.8 Å². The van der Waals surface area contributed by atoms with Gasteiger partial charge < -0.3 is 24.8 Å². The highest BCUT2D eigenvalue weighted by molar-refractivity contribution is 6.10. The Labute approximate surface area is 164 Å². The van der Waals surface area contributed by atoms with Crippen molar-refractivity contribution in [2.75, 3.05) is 13.7 Å². The zero-order valence-corrected chi connectivity index (χ0v) is 16.1. The first-order valence-corrected chi connectivity index (χ1v) is 8.60. The van der Waals surface area contributed by atoms with Crippen LogP contribution >= 0.6 is 0 Å². The molecule has 0 atom stereocenters. The molecule has 2 rings (SSSR count). The number of fused-ring (bicyclic) bond motifs is 1. The molecule has 3 N–H and O–H groups in total. The highest BCUT2D eigenvalue weighted by Gasteiger charge is 2.28. The molecule has 0 saturated heterocycles. The van der Waals surface area contributed by atoms with Crippen LogP contribution in [0.2, 0.25) is 0 Å². The second-order valence-corrected chi connectivity index (χ2v) is 6.66. The van der Waals surface area contributed by atoms with Crippen molar-refractivity contribution in [1.29, 1.82) is 0 Å². The lowest BCUT2D eigenvalue weighted by Gasteiger charge is -2.29. The molecular formula is C22H24O6. The van der Waals surface area contributed by atoms with Gasteiger partial charge in [0, 0.05) is 6.07 Å².